The average Bonchev–Trinajstić information content (AvgIpc) is 3.01. The van der Waals surface area contributed by atoms with Crippen LogP contribution in [0.15, 0.2) is 72.1 Å². The number of hydrogen-bond acceptors (Lipinski definition) is 2. The van der Waals surface area contributed by atoms with E-state index in [1.807, 2.05) is 6.07 Å². The summed E-state index contributed by atoms with van der Waals surface area (Å²) in [4.78, 5) is 1.30. The van der Waals surface area contributed by atoms with Gasteiger partial charge in [-0.3, -0.25) is 0 Å². The molecule has 0 aliphatic heterocycles. The molecule has 2 heteroatoms. The smallest absolute Gasteiger partial charge is 0.0430 e. The molecule has 1 N–H and O–H groups in total. The number of hydrogen-bond donors (Lipinski definition) is 1. The first-order valence-corrected chi connectivity index (χ1v) is 7.22. The Hall–Kier alpha value is -2.06. The second-order valence-corrected chi connectivity index (χ2v) is 5.31. The molecule has 0 fully saturated rings. The van der Waals surface area contributed by atoms with Crippen molar-refractivity contribution in [1.29, 1.82) is 0 Å². The fourth-order valence-corrected chi connectivity index (χ4v) is 2.84. The zero-order valence-electron chi connectivity index (χ0n) is 10.5. The van der Waals surface area contributed by atoms with E-state index in [0.29, 0.717) is 0 Å². The molecular weight excluding hydrogens is 250 g/mol. The van der Waals surface area contributed by atoms with Crippen LogP contribution in [0.5, 0.6) is 0 Å². The average molecular weight is 265 g/mol. The first-order valence-electron chi connectivity index (χ1n) is 6.34. The van der Waals surface area contributed by atoms with Gasteiger partial charge < -0.3 is 5.32 Å². The van der Waals surface area contributed by atoms with Gasteiger partial charge in [-0.15, -0.1) is 11.3 Å². The molecule has 0 radical (unpaired) electrons. The minimum atomic E-state index is 0.850. The van der Waals surface area contributed by atoms with E-state index in [1.54, 1.807) is 11.3 Å². The first kappa shape index (κ1) is 12.0. The summed E-state index contributed by atoms with van der Waals surface area (Å²) in [6.45, 7) is 0.850. The lowest BCUT2D eigenvalue weighted by Gasteiger charge is -2.11. The van der Waals surface area contributed by atoms with Crippen LogP contribution in [0.3, 0.4) is 0 Å². The van der Waals surface area contributed by atoms with Gasteiger partial charge in [0.25, 0.3) is 0 Å². The van der Waals surface area contributed by atoms with Crippen molar-refractivity contribution in [2.75, 3.05) is 5.32 Å². The van der Waals surface area contributed by atoms with Gasteiger partial charge in [0.15, 0.2) is 0 Å². The zero-order valence-corrected chi connectivity index (χ0v) is 11.4. The highest BCUT2D eigenvalue weighted by Crippen LogP contribution is 2.31. The minimum Gasteiger partial charge on any atom is -0.380 e. The van der Waals surface area contributed by atoms with Gasteiger partial charge >= 0.3 is 0 Å². The normalized spacial score (nSPS) is 10.3. The van der Waals surface area contributed by atoms with Gasteiger partial charge in [-0.25, -0.2) is 0 Å². The molecule has 0 aliphatic carbocycles. The molecule has 1 aromatic heterocycles. The predicted octanol–water partition coefficient (Wildman–Crippen LogP) is 5.03. The maximum Gasteiger partial charge on any atom is 0.0430 e. The van der Waals surface area contributed by atoms with Gasteiger partial charge in [-0.05, 0) is 23.1 Å². The molecule has 3 aromatic rings. The summed E-state index contributed by atoms with van der Waals surface area (Å²) in [5, 5.41) is 5.64. The molecule has 94 valence electrons. The highest BCUT2D eigenvalue weighted by Gasteiger charge is 2.04. The molecule has 1 nitrogen and oxygen atoms in total. The number of nitrogens with one attached hydrogen (secondary N) is 1. The fourth-order valence-electron chi connectivity index (χ4n) is 2.08. The molecule has 2 aromatic carbocycles. The molecule has 0 aliphatic rings. The Labute approximate surface area is 117 Å². The monoisotopic (exact) mass is 265 g/mol. The fraction of sp³-hybridized carbons (Fsp3) is 0.0588. The lowest BCUT2D eigenvalue weighted by molar-refractivity contribution is 1.15. The van der Waals surface area contributed by atoms with Crippen molar-refractivity contribution in [3.8, 4) is 10.4 Å². The van der Waals surface area contributed by atoms with Gasteiger partial charge in [0.2, 0.25) is 0 Å². The topological polar surface area (TPSA) is 12.0 Å². The summed E-state index contributed by atoms with van der Waals surface area (Å²) in [6, 6.07) is 23.2. The standard InChI is InChI=1S/C17H15NS/c1-2-7-14(8-3-1)13-18-16-10-5-4-9-15(16)17-11-6-12-19-17/h1-12,18H,13H2. The van der Waals surface area contributed by atoms with E-state index in [-0.39, 0.29) is 0 Å². The molecular formula is C17H15NS. The molecule has 1 heterocycles. The van der Waals surface area contributed by atoms with Crippen LogP contribution < -0.4 is 5.32 Å². The third-order valence-corrected chi connectivity index (χ3v) is 3.94. The molecule has 0 unspecified atom stereocenters. The maximum absolute atomic E-state index is 3.52. The van der Waals surface area contributed by atoms with E-state index < -0.39 is 0 Å². The van der Waals surface area contributed by atoms with Crippen LogP contribution in [0.1, 0.15) is 5.56 Å². The van der Waals surface area contributed by atoms with Crippen molar-refractivity contribution in [2.45, 2.75) is 6.54 Å². The molecule has 19 heavy (non-hydrogen) atoms. The van der Waals surface area contributed by atoms with Crippen molar-refractivity contribution < 1.29 is 0 Å². The largest absolute Gasteiger partial charge is 0.380 e. The van der Waals surface area contributed by atoms with Crippen LogP contribution in [0.4, 0.5) is 5.69 Å². The van der Waals surface area contributed by atoms with E-state index in [0.717, 1.165) is 6.54 Å². The Morgan fingerprint density at radius 3 is 2.37 bits per heavy atom. The minimum absolute atomic E-state index is 0.850. The molecule has 0 bridgehead atoms. The summed E-state index contributed by atoms with van der Waals surface area (Å²) >= 11 is 1.77. The molecule has 0 atom stereocenters. The second-order valence-electron chi connectivity index (χ2n) is 4.36. The highest BCUT2D eigenvalue weighted by molar-refractivity contribution is 7.13. The summed E-state index contributed by atoms with van der Waals surface area (Å²) in [6.07, 6.45) is 0. The molecule has 0 saturated carbocycles. The molecule has 0 saturated heterocycles. The predicted molar refractivity (Wildman–Crippen MR) is 83.5 cm³/mol. The van der Waals surface area contributed by atoms with Crippen LogP contribution in [0.2, 0.25) is 0 Å². The van der Waals surface area contributed by atoms with Gasteiger partial charge in [0, 0.05) is 22.7 Å². The summed E-state index contributed by atoms with van der Waals surface area (Å²) in [5.41, 5.74) is 3.76. The number of benzene rings is 2. The van der Waals surface area contributed by atoms with E-state index in [4.69, 9.17) is 0 Å². The highest BCUT2D eigenvalue weighted by atomic mass is 32.1. The van der Waals surface area contributed by atoms with Crippen LogP contribution in [-0.2, 0) is 6.54 Å². The van der Waals surface area contributed by atoms with Gasteiger partial charge in [0.05, 0.1) is 0 Å². The van der Waals surface area contributed by atoms with Gasteiger partial charge in [0.1, 0.15) is 0 Å². The van der Waals surface area contributed by atoms with Gasteiger partial charge in [-0.2, -0.15) is 0 Å². The molecule has 0 spiro atoms. The van der Waals surface area contributed by atoms with E-state index in [1.165, 1.54) is 21.7 Å². The third-order valence-electron chi connectivity index (χ3n) is 3.04. The number of anilines is 1. The van der Waals surface area contributed by atoms with Crippen molar-refractivity contribution in [2.24, 2.45) is 0 Å². The van der Waals surface area contributed by atoms with E-state index >= 15 is 0 Å². The van der Waals surface area contributed by atoms with Crippen molar-refractivity contribution >= 4 is 17.0 Å². The van der Waals surface area contributed by atoms with Crippen molar-refractivity contribution in [1.82, 2.24) is 0 Å². The quantitative estimate of drug-likeness (QED) is 0.698. The molecule has 3 rings (SSSR count). The Morgan fingerprint density at radius 2 is 1.58 bits per heavy atom. The SMILES string of the molecule is c1ccc(CNc2ccccc2-c2cccs2)cc1. The maximum atomic E-state index is 3.52. The Bertz CT molecular complexity index is 629. The Morgan fingerprint density at radius 1 is 0.789 bits per heavy atom. The second kappa shape index (κ2) is 5.72. The third kappa shape index (κ3) is 2.85. The Balaban J connectivity index is 1.82. The summed E-state index contributed by atoms with van der Waals surface area (Å²) < 4.78 is 0. The lowest BCUT2D eigenvalue weighted by Crippen LogP contribution is -2.00. The van der Waals surface area contributed by atoms with E-state index in [2.05, 4.69) is 71.4 Å². The van der Waals surface area contributed by atoms with Crippen molar-refractivity contribution in [3.63, 3.8) is 0 Å². The molecule has 0 amide bonds. The van der Waals surface area contributed by atoms with E-state index in [9.17, 15) is 0 Å². The summed E-state index contributed by atoms with van der Waals surface area (Å²) in [5.74, 6) is 0. The van der Waals surface area contributed by atoms with Crippen LogP contribution in [-0.4, -0.2) is 0 Å². The van der Waals surface area contributed by atoms with Gasteiger partial charge in [-0.1, -0.05) is 54.6 Å². The number of rotatable bonds is 4. The van der Waals surface area contributed by atoms with Crippen molar-refractivity contribution in [3.05, 3.63) is 77.7 Å². The summed E-state index contributed by atoms with van der Waals surface area (Å²) in [7, 11) is 0. The lowest BCUT2D eigenvalue weighted by atomic mass is 10.1. The zero-order chi connectivity index (χ0) is 12.9. The Kier molecular flexibility index (Phi) is 3.61. The van der Waals surface area contributed by atoms with Crippen LogP contribution >= 0.6 is 11.3 Å². The van der Waals surface area contributed by atoms with Crippen LogP contribution in [0.25, 0.3) is 10.4 Å². The number of thiophene rings is 1. The number of para-hydroxylation sites is 1. The van der Waals surface area contributed by atoms with Crippen LogP contribution in [0, 0.1) is 0 Å². The first-order chi connectivity index (χ1) is 9.43.